The molecule has 7 heteroatoms. The van der Waals surface area contributed by atoms with Crippen molar-refractivity contribution in [2.24, 2.45) is 4.99 Å². The maximum absolute atomic E-state index is 4.89. The first-order chi connectivity index (χ1) is 18.4. The molecule has 2 aromatic carbocycles. The van der Waals surface area contributed by atoms with Crippen LogP contribution in [0.1, 0.15) is 6.42 Å². The summed E-state index contributed by atoms with van der Waals surface area (Å²) in [5.74, 6) is 2.21. The largest absolute Gasteiger partial charge is 0.294 e. The Labute approximate surface area is 212 Å². The van der Waals surface area contributed by atoms with Crippen molar-refractivity contribution in [1.29, 1.82) is 0 Å². The van der Waals surface area contributed by atoms with E-state index >= 15 is 0 Å². The topological polar surface area (TPSA) is 73.8 Å². The normalized spacial score (nSPS) is 13.2. The maximum Gasteiger partial charge on any atom is 0.187 e. The number of hydrogen-bond donors (Lipinski definition) is 0. The quantitative estimate of drug-likeness (QED) is 0.296. The van der Waals surface area contributed by atoms with Gasteiger partial charge in [0.15, 0.2) is 11.6 Å². The number of rotatable bonds is 4. The molecule has 176 valence electrons. The fourth-order valence-corrected chi connectivity index (χ4v) is 4.85. The van der Waals surface area contributed by atoms with E-state index in [2.05, 4.69) is 79.3 Å². The standard InChI is InChI=1S/C30H21N7/c1-3-12-26-23(9-1)24-10-2-4-13-27(24)37(26)28-15-14-21(20-33-28)29-34-35-30(25-11-5-6-18-32-25)36(29)22-8-7-17-31-19-16-22/h1-6,8-20H,7H2. The third-order valence-corrected chi connectivity index (χ3v) is 6.50. The van der Waals surface area contributed by atoms with Crippen LogP contribution in [0.4, 0.5) is 0 Å². The average Bonchev–Trinajstić information content (AvgIpc) is 3.43. The van der Waals surface area contributed by atoms with E-state index in [-0.39, 0.29) is 0 Å². The molecule has 7 nitrogen and oxygen atoms in total. The lowest BCUT2D eigenvalue weighted by Gasteiger charge is -2.12. The molecule has 0 bridgehead atoms. The molecule has 5 heterocycles. The molecule has 4 aromatic heterocycles. The van der Waals surface area contributed by atoms with Gasteiger partial charge in [0.1, 0.15) is 11.5 Å². The summed E-state index contributed by atoms with van der Waals surface area (Å²) in [5, 5.41) is 11.5. The fourth-order valence-electron chi connectivity index (χ4n) is 4.85. The maximum atomic E-state index is 4.89. The van der Waals surface area contributed by atoms with Gasteiger partial charge in [0, 0.05) is 53.3 Å². The Morgan fingerprint density at radius 2 is 1.43 bits per heavy atom. The zero-order valence-electron chi connectivity index (χ0n) is 19.8. The highest BCUT2D eigenvalue weighted by Crippen LogP contribution is 2.32. The lowest BCUT2D eigenvalue weighted by Crippen LogP contribution is -2.03. The van der Waals surface area contributed by atoms with Crippen LogP contribution in [0.3, 0.4) is 0 Å². The third kappa shape index (κ3) is 3.56. The van der Waals surface area contributed by atoms with Gasteiger partial charge in [0.2, 0.25) is 0 Å². The fraction of sp³-hybridized carbons (Fsp3) is 0.0333. The van der Waals surface area contributed by atoms with Crippen molar-refractivity contribution < 1.29 is 0 Å². The van der Waals surface area contributed by atoms with Gasteiger partial charge in [-0.05, 0) is 42.5 Å². The minimum atomic E-state index is 0.667. The predicted octanol–water partition coefficient (Wildman–Crippen LogP) is 6.33. The summed E-state index contributed by atoms with van der Waals surface area (Å²) in [6, 6.07) is 26.7. The van der Waals surface area contributed by atoms with Crippen LogP contribution >= 0.6 is 0 Å². The minimum absolute atomic E-state index is 0.667. The molecule has 0 spiro atoms. The monoisotopic (exact) mass is 479 g/mol. The molecule has 0 radical (unpaired) electrons. The van der Waals surface area contributed by atoms with Crippen LogP contribution in [0.15, 0.2) is 115 Å². The van der Waals surface area contributed by atoms with Gasteiger partial charge >= 0.3 is 0 Å². The molecule has 0 unspecified atom stereocenters. The van der Waals surface area contributed by atoms with E-state index in [1.807, 2.05) is 53.4 Å². The van der Waals surface area contributed by atoms with Crippen molar-refractivity contribution in [1.82, 2.24) is 29.3 Å². The van der Waals surface area contributed by atoms with Gasteiger partial charge in [0.25, 0.3) is 0 Å². The van der Waals surface area contributed by atoms with Gasteiger partial charge in [-0.3, -0.25) is 19.1 Å². The number of fused-ring (bicyclic) bond motifs is 3. The van der Waals surface area contributed by atoms with Crippen molar-refractivity contribution in [3.8, 4) is 28.7 Å². The van der Waals surface area contributed by atoms with Crippen LogP contribution in [-0.4, -0.2) is 35.5 Å². The molecule has 0 fully saturated rings. The Morgan fingerprint density at radius 1 is 0.676 bits per heavy atom. The SMILES string of the molecule is C1=CC(n2c(-c3ccc(-n4c5ccccc5c5ccccc54)nc3)nnc2-c2ccccn2)=CCC=N1. The van der Waals surface area contributed by atoms with Crippen LogP contribution in [0.2, 0.25) is 0 Å². The van der Waals surface area contributed by atoms with Crippen molar-refractivity contribution in [2.75, 3.05) is 0 Å². The van der Waals surface area contributed by atoms with E-state index in [9.17, 15) is 0 Å². The minimum Gasteiger partial charge on any atom is -0.294 e. The van der Waals surface area contributed by atoms with Crippen molar-refractivity contribution in [3.63, 3.8) is 0 Å². The van der Waals surface area contributed by atoms with Gasteiger partial charge in [-0.1, -0.05) is 48.5 Å². The van der Waals surface area contributed by atoms with Crippen molar-refractivity contribution in [2.45, 2.75) is 6.42 Å². The third-order valence-electron chi connectivity index (χ3n) is 6.50. The summed E-state index contributed by atoms with van der Waals surface area (Å²) in [5.41, 5.74) is 4.79. The molecular formula is C30H21N7. The van der Waals surface area contributed by atoms with Crippen molar-refractivity contribution >= 4 is 33.7 Å². The van der Waals surface area contributed by atoms with E-state index in [0.717, 1.165) is 33.8 Å². The summed E-state index contributed by atoms with van der Waals surface area (Å²) in [6.45, 7) is 0. The second-order valence-corrected chi connectivity index (χ2v) is 8.68. The molecule has 1 aliphatic rings. The van der Waals surface area contributed by atoms with Crippen LogP contribution < -0.4 is 0 Å². The van der Waals surface area contributed by atoms with Gasteiger partial charge in [-0.15, -0.1) is 10.2 Å². The predicted molar refractivity (Wildman–Crippen MR) is 147 cm³/mol. The summed E-state index contributed by atoms with van der Waals surface area (Å²) >= 11 is 0. The van der Waals surface area contributed by atoms with Gasteiger partial charge in [-0.2, -0.15) is 0 Å². The highest BCUT2D eigenvalue weighted by molar-refractivity contribution is 6.09. The molecule has 1 aliphatic heterocycles. The molecule has 0 amide bonds. The molecule has 7 rings (SSSR count). The number of benzene rings is 2. The number of allylic oxidation sites excluding steroid dienone is 3. The Balaban J connectivity index is 1.38. The first kappa shape index (κ1) is 21.1. The summed E-state index contributed by atoms with van der Waals surface area (Å²) < 4.78 is 4.22. The van der Waals surface area contributed by atoms with E-state index in [1.165, 1.54) is 10.8 Å². The smallest absolute Gasteiger partial charge is 0.187 e. The second-order valence-electron chi connectivity index (χ2n) is 8.68. The van der Waals surface area contributed by atoms with Crippen LogP contribution in [0.25, 0.3) is 56.2 Å². The zero-order valence-corrected chi connectivity index (χ0v) is 19.8. The highest BCUT2D eigenvalue weighted by atomic mass is 15.3. The lowest BCUT2D eigenvalue weighted by atomic mass is 10.2. The molecular weight excluding hydrogens is 458 g/mol. The Bertz CT molecular complexity index is 1790. The first-order valence-electron chi connectivity index (χ1n) is 12.1. The number of pyridine rings is 2. The Morgan fingerprint density at radius 3 is 2.16 bits per heavy atom. The average molecular weight is 480 g/mol. The lowest BCUT2D eigenvalue weighted by molar-refractivity contribution is 1.06. The summed E-state index contributed by atoms with van der Waals surface area (Å²) in [4.78, 5) is 13.7. The van der Waals surface area contributed by atoms with Crippen LogP contribution in [0.5, 0.6) is 0 Å². The molecule has 0 saturated heterocycles. The van der Waals surface area contributed by atoms with E-state index in [4.69, 9.17) is 4.98 Å². The molecule has 0 aliphatic carbocycles. The van der Waals surface area contributed by atoms with E-state index in [1.54, 1.807) is 12.4 Å². The summed E-state index contributed by atoms with van der Waals surface area (Å²) in [7, 11) is 0. The van der Waals surface area contributed by atoms with Crippen molar-refractivity contribution in [3.05, 3.63) is 110 Å². The second kappa shape index (κ2) is 8.80. The number of aromatic nitrogens is 6. The Hall–Kier alpha value is -5.17. The zero-order chi connectivity index (χ0) is 24.6. The molecule has 6 aromatic rings. The number of nitrogens with zero attached hydrogens (tertiary/aromatic N) is 7. The Kier molecular flexibility index (Phi) is 5.03. The van der Waals surface area contributed by atoms with E-state index in [0.29, 0.717) is 18.1 Å². The highest BCUT2D eigenvalue weighted by Gasteiger charge is 2.20. The van der Waals surface area contributed by atoms with E-state index < -0.39 is 0 Å². The molecule has 37 heavy (non-hydrogen) atoms. The summed E-state index contributed by atoms with van der Waals surface area (Å²) in [6.07, 6.45) is 12.1. The van der Waals surface area contributed by atoms with Gasteiger partial charge in [0.05, 0.1) is 11.0 Å². The molecule has 0 saturated carbocycles. The number of hydrogen-bond acceptors (Lipinski definition) is 5. The first-order valence-corrected chi connectivity index (χ1v) is 12.1. The number of para-hydroxylation sites is 2. The molecule has 0 atom stereocenters. The van der Waals surface area contributed by atoms with Gasteiger partial charge in [-0.25, -0.2) is 4.98 Å². The van der Waals surface area contributed by atoms with Crippen LogP contribution in [0, 0.1) is 0 Å². The molecule has 0 N–H and O–H groups in total. The van der Waals surface area contributed by atoms with Crippen LogP contribution in [-0.2, 0) is 0 Å². The number of aliphatic imine (C=N–C) groups is 1. The van der Waals surface area contributed by atoms with Gasteiger partial charge < -0.3 is 0 Å².